The van der Waals surface area contributed by atoms with E-state index < -0.39 is 0 Å². The van der Waals surface area contributed by atoms with Crippen molar-refractivity contribution in [2.45, 2.75) is 25.7 Å². The zero-order valence-corrected chi connectivity index (χ0v) is 10.7. The number of ether oxygens (including phenoxy) is 1. The molecule has 4 heteroatoms. The van der Waals surface area contributed by atoms with Gasteiger partial charge in [-0.15, -0.1) is 6.58 Å². The number of halogens is 1. The third-order valence-electron chi connectivity index (χ3n) is 1.82. The van der Waals surface area contributed by atoms with Crippen LogP contribution in [0.2, 0.25) is 0 Å². The molecule has 15 heavy (non-hydrogen) atoms. The number of unbranched alkanes of at least 4 members (excludes halogenated alkanes) is 1. The highest BCUT2D eigenvalue weighted by molar-refractivity contribution is 9.09. The third-order valence-corrected chi connectivity index (χ3v) is 2.38. The molecule has 0 aliphatic carbocycles. The molecule has 0 aliphatic rings. The van der Waals surface area contributed by atoms with E-state index in [1.165, 1.54) is 0 Å². The molecule has 88 valence electrons. The normalized spacial score (nSPS) is 9.93. The molecule has 0 saturated heterocycles. The predicted molar refractivity (Wildman–Crippen MR) is 66.3 cm³/mol. The van der Waals surface area contributed by atoms with Gasteiger partial charge in [0.1, 0.15) is 0 Å². The van der Waals surface area contributed by atoms with Crippen molar-refractivity contribution in [2.24, 2.45) is 0 Å². The second kappa shape index (κ2) is 11.7. The van der Waals surface area contributed by atoms with Crippen molar-refractivity contribution < 1.29 is 9.53 Å². The summed E-state index contributed by atoms with van der Waals surface area (Å²) in [5.74, 6) is 0.114. The first-order valence-corrected chi connectivity index (χ1v) is 6.44. The Hall–Kier alpha value is -0.350. The lowest BCUT2D eigenvalue weighted by atomic mass is 10.2. The number of rotatable bonds is 10. The van der Waals surface area contributed by atoms with Gasteiger partial charge in [0.25, 0.3) is 0 Å². The summed E-state index contributed by atoms with van der Waals surface area (Å²) in [7, 11) is 0. The minimum atomic E-state index is 0.114. The Kier molecular flexibility index (Phi) is 11.4. The fourth-order valence-corrected chi connectivity index (χ4v) is 1.40. The standard InChI is InChI=1S/C11H20BrNO2/c1-2-3-9-15-10-8-13-11(14)6-4-5-7-12/h2H,1,3-10H2,(H,13,14). The number of nitrogens with one attached hydrogen (secondary N) is 1. The van der Waals surface area contributed by atoms with Crippen LogP contribution in [0.5, 0.6) is 0 Å². The van der Waals surface area contributed by atoms with Crippen LogP contribution in [0.1, 0.15) is 25.7 Å². The van der Waals surface area contributed by atoms with E-state index >= 15 is 0 Å². The van der Waals surface area contributed by atoms with E-state index in [4.69, 9.17) is 4.74 Å². The molecule has 0 rings (SSSR count). The lowest BCUT2D eigenvalue weighted by Crippen LogP contribution is -2.27. The summed E-state index contributed by atoms with van der Waals surface area (Å²) in [5, 5.41) is 3.78. The molecule has 0 fully saturated rings. The van der Waals surface area contributed by atoms with Crippen LogP contribution in [0.4, 0.5) is 0 Å². The molecule has 0 radical (unpaired) electrons. The molecular weight excluding hydrogens is 258 g/mol. The lowest BCUT2D eigenvalue weighted by Gasteiger charge is -2.05. The molecule has 0 aromatic carbocycles. The highest BCUT2D eigenvalue weighted by Gasteiger charge is 1.99. The van der Waals surface area contributed by atoms with Crippen LogP contribution in [0.3, 0.4) is 0 Å². The van der Waals surface area contributed by atoms with Crippen LogP contribution in [-0.4, -0.2) is 31.0 Å². The van der Waals surface area contributed by atoms with E-state index in [-0.39, 0.29) is 5.91 Å². The fraction of sp³-hybridized carbons (Fsp3) is 0.727. The molecule has 0 aliphatic heterocycles. The van der Waals surface area contributed by atoms with Gasteiger partial charge in [-0.25, -0.2) is 0 Å². The predicted octanol–water partition coefficient (Wildman–Crippen LogP) is 2.26. The number of alkyl halides is 1. The molecule has 0 saturated carbocycles. The third kappa shape index (κ3) is 11.6. The molecule has 1 N–H and O–H groups in total. The van der Waals surface area contributed by atoms with Crippen molar-refractivity contribution >= 4 is 21.8 Å². The Morgan fingerprint density at radius 1 is 1.40 bits per heavy atom. The number of carbonyl (C=O) groups excluding carboxylic acids is 1. The van der Waals surface area contributed by atoms with E-state index in [2.05, 4.69) is 27.8 Å². The average molecular weight is 278 g/mol. The van der Waals surface area contributed by atoms with Gasteiger partial charge in [-0.05, 0) is 19.3 Å². The molecule has 0 bridgehead atoms. The molecule has 0 spiro atoms. The summed E-state index contributed by atoms with van der Waals surface area (Å²) >= 11 is 3.33. The summed E-state index contributed by atoms with van der Waals surface area (Å²) < 4.78 is 5.26. The molecule has 3 nitrogen and oxygen atoms in total. The van der Waals surface area contributed by atoms with Crippen molar-refractivity contribution in [3.8, 4) is 0 Å². The van der Waals surface area contributed by atoms with Crippen molar-refractivity contribution in [3.05, 3.63) is 12.7 Å². The van der Waals surface area contributed by atoms with Crippen LogP contribution in [0, 0.1) is 0 Å². The minimum Gasteiger partial charge on any atom is -0.379 e. The first-order valence-electron chi connectivity index (χ1n) is 5.32. The monoisotopic (exact) mass is 277 g/mol. The van der Waals surface area contributed by atoms with Crippen LogP contribution in [0.15, 0.2) is 12.7 Å². The van der Waals surface area contributed by atoms with Gasteiger partial charge in [0.2, 0.25) is 5.91 Å². The average Bonchev–Trinajstić information content (AvgIpc) is 2.23. The second-order valence-electron chi connectivity index (χ2n) is 3.19. The quantitative estimate of drug-likeness (QED) is 0.378. The van der Waals surface area contributed by atoms with Gasteiger partial charge >= 0.3 is 0 Å². The Labute approximate surface area is 100 Å². The van der Waals surface area contributed by atoms with Crippen LogP contribution < -0.4 is 5.32 Å². The van der Waals surface area contributed by atoms with Crippen molar-refractivity contribution in [1.82, 2.24) is 5.32 Å². The van der Waals surface area contributed by atoms with Gasteiger partial charge in [0, 0.05) is 18.3 Å². The fourth-order valence-electron chi connectivity index (χ4n) is 1.000. The summed E-state index contributed by atoms with van der Waals surface area (Å²) in [6, 6.07) is 0. The maximum Gasteiger partial charge on any atom is 0.220 e. The highest BCUT2D eigenvalue weighted by atomic mass is 79.9. The summed E-state index contributed by atoms with van der Waals surface area (Å²) in [5.41, 5.74) is 0. The van der Waals surface area contributed by atoms with Gasteiger partial charge in [0.15, 0.2) is 0 Å². The van der Waals surface area contributed by atoms with Crippen molar-refractivity contribution in [2.75, 3.05) is 25.1 Å². The van der Waals surface area contributed by atoms with Gasteiger partial charge in [-0.2, -0.15) is 0 Å². The Bertz CT molecular complexity index is 174. The largest absolute Gasteiger partial charge is 0.379 e. The van der Waals surface area contributed by atoms with Crippen molar-refractivity contribution in [3.63, 3.8) is 0 Å². The van der Waals surface area contributed by atoms with Crippen LogP contribution >= 0.6 is 15.9 Å². The number of amides is 1. The highest BCUT2D eigenvalue weighted by Crippen LogP contribution is 1.97. The number of hydrogen-bond donors (Lipinski definition) is 1. The molecule has 0 atom stereocenters. The SMILES string of the molecule is C=CCCOCCNC(=O)CCCCBr. The van der Waals surface area contributed by atoms with Crippen LogP contribution in [0.25, 0.3) is 0 Å². The van der Waals surface area contributed by atoms with Gasteiger partial charge in [0.05, 0.1) is 13.2 Å². The Morgan fingerprint density at radius 2 is 2.20 bits per heavy atom. The topological polar surface area (TPSA) is 38.3 Å². The van der Waals surface area contributed by atoms with Crippen molar-refractivity contribution in [1.29, 1.82) is 0 Å². The minimum absolute atomic E-state index is 0.114. The molecule has 1 amide bonds. The Morgan fingerprint density at radius 3 is 2.87 bits per heavy atom. The smallest absolute Gasteiger partial charge is 0.220 e. The molecule has 0 aromatic heterocycles. The maximum absolute atomic E-state index is 11.2. The first kappa shape index (κ1) is 14.6. The van der Waals surface area contributed by atoms with E-state index in [9.17, 15) is 4.79 Å². The summed E-state index contributed by atoms with van der Waals surface area (Å²) in [6.07, 6.45) is 5.27. The zero-order valence-electron chi connectivity index (χ0n) is 9.14. The summed E-state index contributed by atoms with van der Waals surface area (Å²) in [6.45, 7) is 5.46. The summed E-state index contributed by atoms with van der Waals surface area (Å²) in [4.78, 5) is 11.2. The molecule has 0 aromatic rings. The zero-order chi connectivity index (χ0) is 11.4. The van der Waals surface area contributed by atoms with Gasteiger partial charge < -0.3 is 10.1 Å². The van der Waals surface area contributed by atoms with E-state index in [1.54, 1.807) is 0 Å². The van der Waals surface area contributed by atoms with E-state index in [0.717, 1.165) is 24.6 Å². The Balaban J connectivity index is 3.13. The van der Waals surface area contributed by atoms with Gasteiger partial charge in [-0.1, -0.05) is 22.0 Å². The molecular formula is C11H20BrNO2. The van der Waals surface area contributed by atoms with E-state index in [1.807, 2.05) is 6.08 Å². The molecule has 0 heterocycles. The first-order chi connectivity index (χ1) is 7.31. The number of carbonyl (C=O) groups is 1. The number of hydrogen-bond acceptors (Lipinski definition) is 2. The molecule has 0 unspecified atom stereocenters. The maximum atomic E-state index is 11.2. The van der Waals surface area contributed by atoms with Crippen LogP contribution in [-0.2, 0) is 9.53 Å². The van der Waals surface area contributed by atoms with E-state index in [0.29, 0.717) is 26.2 Å². The second-order valence-corrected chi connectivity index (χ2v) is 3.98. The lowest BCUT2D eigenvalue weighted by molar-refractivity contribution is -0.121. The van der Waals surface area contributed by atoms with Gasteiger partial charge in [-0.3, -0.25) is 4.79 Å².